The van der Waals surface area contributed by atoms with Crippen LogP contribution in [0.25, 0.3) is 0 Å². The van der Waals surface area contributed by atoms with Crippen LogP contribution in [0.4, 0.5) is 5.82 Å². The van der Waals surface area contributed by atoms with Crippen LogP contribution in [-0.4, -0.2) is 26.3 Å². The fourth-order valence-corrected chi connectivity index (χ4v) is 2.17. The van der Waals surface area contributed by atoms with Crippen LogP contribution in [0.5, 0.6) is 0 Å². The molecular formula is C15H23N5O. The number of anilines is 1. The van der Waals surface area contributed by atoms with Crippen molar-refractivity contribution in [3.63, 3.8) is 0 Å². The first kappa shape index (κ1) is 15.3. The zero-order valence-electron chi connectivity index (χ0n) is 13.1. The number of H-pyrrole nitrogens is 1. The maximum atomic E-state index is 12.3. The monoisotopic (exact) mass is 289 g/mol. The van der Waals surface area contributed by atoms with Crippen molar-refractivity contribution in [2.45, 2.75) is 46.1 Å². The molecule has 0 amide bonds. The third kappa shape index (κ3) is 3.71. The molecule has 21 heavy (non-hydrogen) atoms. The Morgan fingerprint density at radius 1 is 1.38 bits per heavy atom. The van der Waals surface area contributed by atoms with Gasteiger partial charge in [0.25, 0.3) is 5.56 Å². The van der Waals surface area contributed by atoms with E-state index in [1.165, 1.54) is 5.56 Å². The summed E-state index contributed by atoms with van der Waals surface area (Å²) in [5.41, 5.74) is 1.99. The predicted octanol–water partition coefficient (Wildman–Crippen LogP) is 2.07. The summed E-state index contributed by atoms with van der Waals surface area (Å²) in [5, 5.41) is 10.1. The molecular weight excluding hydrogens is 266 g/mol. The minimum absolute atomic E-state index is 0.0792. The van der Waals surface area contributed by atoms with E-state index in [1.54, 1.807) is 17.0 Å². The molecule has 2 rings (SSSR count). The van der Waals surface area contributed by atoms with Crippen molar-refractivity contribution in [3.05, 3.63) is 40.2 Å². The van der Waals surface area contributed by atoms with Crippen molar-refractivity contribution in [3.8, 4) is 0 Å². The third-order valence-corrected chi connectivity index (χ3v) is 3.41. The van der Waals surface area contributed by atoms with Crippen LogP contribution < -0.4 is 10.9 Å². The Morgan fingerprint density at radius 3 is 2.76 bits per heavy atom. The smallest absolute Gasteiger partial charge is 0.293 e. The Bertz CT molecular complexity index is 651. The summed E-state index contributed by atoms with van der Waals surface area (Å²) < 4.78 is 1.70. The van der Waals surface area contributed by atoms with Gasteiger partial charge in [0.1, 0.15) is 0 Å². The van der Waals surface area contributed by atoms with Crippen LogP contribution >= 0.6 is 0 Å². The maximum Gasteiger partial charge on any atom is 0.293 e. The number of nitrogens with one attached hydrogen (secondary N) is 2. The molecule has 6 heteroatoms. The van der Waals surface area contributed by atoms with E-state index < -0.39 is 0 Å². The predicted molar refractivity (Wildman–Crippen MR) is 83.6 cm³/mol. The van der Waals surface area contributed by atoms with Crippen molar-refractivity contribution in [2.24, 2.45) is 0 Å². The van der Waals surface area contributed by atoms with Gasteiger partial charge in [0.15, 0.2) is 5.82 Å². The van der Waals surface area contributed by atoms with Crippen LogP contribution in [0.1, 0.15) is 38.4 Å². The molecule has 0 spiro atoms. The van der Waals surface area contributed by atoms with Crippen LogP contribution in [0.3, 0.4) is 0 Å². The molecule has 2 N–H and O–H groups in total. The average Bonchev–Trinajstić information content (AvgIpc) is 2.80. The Kier molecular flexibility index (Phi) is 4.45. The number of rotatable bonds is 5. The number of hydrogen-bond acceptors (Lipinski definition) is 4. The molecule has 0 aromatic carbocycles. The van der Waals surface area contributed by atoms with Gasteiger partial charge in [-0.2, -0.15) is 5.10 Å². The van der Waals surface area contributed by atoms with Crippen LogP contribution in [0, 0.1) is 6.92 Å². The summed E-state index contributed by atoms with van der Waals surface area (Å²) in [6.45, 7) is 8.72. The first-order valence-corrected chi connectivity index (χ1v) is 7.20. The molecule has 0 radical (unpaired) electrons. The largest absolute Gasteiger partial charge is 0.365 e. The molecule has 0 aliphatic heterocycles. The summed E-state index contributed by atoms with van der Waals surface area (Å²) in [7, 11) is 0. The Hall–Kier alpha value is -2.11. The number of nitrogens with zero attached hydrogens (tertiary/aromatic N) is 3. The van der Waals surface area contributed by atoms with Crippen LogP contribution in [0.15, 0.2) is 23.4 Å². The number of aryl methyl sites for hydroxylation is 2. The highest BCUT2D eigenvalue weighted by Gasteiger charge is 2.16. The van der Waals surface area contributed by atoms with E-state index in [0.717, 1.165) is 18.5 Å². The maximum absolute atomic E-state index is 12.3. The Labute approximate surface area is 124 Å². The Morgan fingerprint density at radius 2 is 2.14 bits per heavy atom. The summed E-state index contributed by atoms with van der Waals surface area (Å²) in [6, 6.07) is 0. The van der Waals surface area contributed by atoms with Gasteiger partial charge in [-0.15, -0.1) is 0 Å². The minimum Gasteiger partial charge on any atom is -0.365 e. The normalized spacial score (nSPS) is 11.6. The van der Waals surface area contributed by atoms with Crippen LogP contribution in [-0.2, 0) is 12.0 Å². The summed E-state index contributed by atoms with van der Waals surface area (Å²) in [4.78, 5) is 16.5. The van der Waals surface area contributed by atoms with E-state index in [-0.39, 0.29) is 11.1 Å². The van der Waals surface area contributed by atoms with Gasteiger partial charge >= 0.3 is 0 Å². The van der Waals surface area contributed by atoms with Gasteiger partial charge < -0.3 is 9.88 Å². The minimum atomic E-state index is -0.246. The number of hydrogen-bond donors (Lipinski definition) is 2. The van der Waals surface area contributed by atoms with Gasteiger partial charge in [0.05, 0.1) is 6.20 Å². The molecule has 0 aliphatic rings. The lowest BCUT2D eigenvalue weighted by atomic mass is 10.1. The van der Waals surface area contributed by atoms with Crippen molar-refractivity contribution >= 4 is 5.82 Å². The molecule has 2 heterocycles. The SMILES string of the molecule is Cc1[nH]ncc1CCCNc1nccn(C(C)(C)C)c1=O. The summed E-state index contributed by atoms with van der Waals surface area (Å²) >= 11 is 0. The molecule has 0 fully saturated rings. The first-order chi connectivity index (χ1) is 9.89. The topological polar surface area (TPSA) is 75.6 Å². The fourth-order valence-electron chi connectivity index (χ4n) is 2.17. The molecule has 2 aromatic rings. The van der Waals surface area contributed by atoms with Crippen molar-refractivity contribution in [1.29, 1.82) is 0 Å². The molecule has 0 atom stereocenters. The van der Waals surface area contributed by atoms with E-state index in [4.69, 9.17) is 0 Å². The standard InChI is InChI=1S/C15H23N5O/c1-11-12(10-18-19-11)6-5-7-16-13-14(21)20(9-8-17-13)15(2,3)4/h8-10H,5-7H2,1-4H3,(H,16,17)(H,18,19). The summed E-state index contributed by atoms with van der Waals surface area (Å²) in [5.74, 6) is 0.413. The fraction of sp³-hybridized carbons (Fsp3) is 0.533. The second-order valence-electron chi connectivity index (χ2n) is 6.17. The molecule has 0 saturated carbocycles. The van der Waals surface area contributed by atoms with Crippen molar-refractivity contribution in [2.75, 3.05) is 11.9 Å². The lowest BCUT2D eigenvalue weighted by Gasteiger charge is -2.22. The van der Waals surface area contributed by atoms with E-state index in [1.807, 2.05) is 33.9 Å². The Balaban J connectivity index is 1.95. The number of aromatic nitrogens is 4. The zero-order chi connectivity index (χ0) is 15.5. The molecule has 0 unspecified atom stereocenters. The lowest BCUT2D eigenvalue weighted by molar-refractivity contribution is 0.383. The van der Waals surface area contributed by atoms with Gasteiger partial charge in [0, 0.05) is 30.2 Å². The quantitative estimate of drug-likeness (QED) is 0.826. The number of aromatic amines is 1. The highest BCUT2D eigenvalue weighted by molar-refractivity contribution is 5.31. The van der Waals surface area contributed by atoms with E-state index in [2.05, 4.69) is 20.5 Å². The van der Waals surface area contributed by atoms with Crippen LogP contribution in [0.2, 0.25) is 0 Å². The van der Waals surface area contributed by atoms with Gasteiger partial charge in [-0.1, -0.05) is 0 Å². The average molecular weight is 289 g/mol. The third-order valence-electron chi connectivity index (χ3n) is 3.41. The zero-order valence-corrected chi connectivity index (χ0v) is 13.1. The molecule has 114 valence electrons. The molecule has 2 aromatic heterocycles. The van der Waals surface area contributed by atoms with Gasteiger partial charge in [0.2, 0.25) is 0 Å². The van der Waals surface area contributed by atoms with E-state index >= 15 is 0 Å². The van der Waals surface area contributed by atoms with Gasteiger partial charge in [-0.25, -0.2) is 4.98 Å². The highest BCUT2D eigenvalue weighted by Crippen LogP contribution is 2.11. The van der Waals surface area contributed by atoms with Crippen molar-refractivity contribution in [1.82, 2.24) is 19.7 Å². The molecule has 0 saturated heterocycles. The highest BCUT2D eigenvalue weighted by atomic mass is 16.1. The van der Waals surface area contributed by atoms with Gasteiger partial charge in [-0.3, -0.25) is 9.89 Å². The second kappa shape index (κ2) is 6.11. The first-order valence-electron chi connectivity index (χ1n) is 7.20. The molecule has 6 nitrogen and oxygen atoms in total. The second-order valence-corrected chi connectivity index (χ2v) is 6.17. The lowest BCUT2D eigenvalue weighted by Crippen LogP contribution is -2.35. The van der Waals surface area contributed by atoms with E-state index in [0.29, 0.717) is 12.4 Å². The van der Waals surface area contributed by atoms with Gasteiger partial charge in [-0.05, 0) is 46.1 Å². The molecule has 0 aliphatic carbocycles. The summed E-state index contributed by atoms with van der Waals surface area (Å²) in [6.07, 6.45) is 7.09. The molecule has 0 bridgehead atoms. The van der Waals surface area contributed by atoms with E-state index in [9.17, 15) is 4.79 Å². The van der Waals surface area contributed by atoms with Crippen molar-refractivity contribution < 1.29 is 0 Å².